The SMILES string of the molecule is CCCCC(CC)CC(=O)c1ccc(OC)cc1N. The van der Waals surface area contributed by atoms with Crippen molar-refractivity contribution in [1.82, 2.24) is 0 Å². The van der Waals surface area contributed by atoms with Gasteiger partial charge in [-0.2, -0.15) is 0 Å². The molecule has 0 spiro atoms. The van der Waals surface area contributed by atoms with E-state index in [2.05, 4.69) is 13.8 Å². The van der Waals surface area contributed by atoms with Crippen molar-refractivity contribution in [2.45, 2.75) is 46.0 Å². The van der Waals surface area contributed by atoms with Gasteiger partial charge >= 0.3 is 0 Å². The molecule has 0 saturated carbocycles. The Hall–Kier alpha value is -1.51. The predicted molar refractivity (Wildman–Crippen MR) is 79.7 cm³/mol. The van der Waals surface area contributed by atoms with Gasteiger partial charge in [0, 0.05) is 23.7 Å². The lowest BCUT2D eigenvalue weighted by molar-refractivity contribution is 0.0958. The molecule has 19 heavy (non-hydrogen) atoms. The van der Waals surface area contributed by atoms with Crippen LogP contribution in [-0.2, 0) is 0 Å². The Bertz CT molecular complexity index is 415. The van der Waals surface area contributed by atoms with E-state index in [0.717, 1.165) is 12.8 Å². The smallest absolute Gasteiger partial charge is 0.165 e. The molecule has 3 nitrogen and oxygen atoms in total. The molecule has 0 saturated heterocycles. The van der Waals surface area contributed by atoms with Gasteiger partial charge in [-0.15, -0.1) is 0 Å². The van der Waals surface area contributed by atoms with Gasteiger partial charge in [0.1, 0.15) is 5.75 Å². The van der Waals surface area contributed by atoms with Crippen LogP contribution in [0.3, 0.4) is 0 Å². The summed E-state index contributed by atoms with van der Waals surface area (Å²) in [6.45, 7) is 4.32. The standard InChI is InChI=1S/C16H25NO2/c1-4-6-7-12(5-2)10-16(18)14-9-8-13(19-3)11-15(14)17/h8-9,11-12H,4-7,10,17H2,1-3H3. The third-order valence-corrected chi connectivity index (χ3v) is 3.58. The van der Waals surface area contributed by atoms with Gasteiger partial charge in [-0.05, 0) is 18.1 Å². The highest BCUT2D eigenvalue weighted by Crippen LogP contribution is 2.24. The summed E-state index contributed by atoms with van der Waals surface area (Å²) in [7, 11) is 1.59. The molecule has 0 aliphatic rings. The Labute approximate surface area is 116 Å². The summed E-state index contributed by atoms with van der Waals surface area (Å²) in [5, 5.41) is 0. The molecular formula is C16H25NO2. The molecule has 1 rings (SSSR count). The molecule has 0 aromatic heterocycles. The number of ether oxygens (including phenoxy) is 1. The Morgan fingerprint density at radius 3 is 2.63 bits per heavy atom. The summed E-state index contributed by atoms with van der Waals surface area (Å²) in [6.07, 6.45) is 5.11. The van der Waals surface area contributed by atoms with Gasteiger partial charge in [0.05, 0.1) is 7.11 Å². The van der Waals surface area contributed by atoms with E-state index in [0.29, 0.717) is 29.3 Å². The maximum absolute atomic E-state index is 12.3. The number of benzene rings is 1. The molecule has 0 aliphatic heterocycles. The summed E-state index contributed by atoms with van der Waals surface area (Å²) in [5.74, 6) is 1.30. The third kappa shape index (κ3) is 4.58. The number of nitrogen functional groups attached to an aromatic ring is 1. The van der Waals surface area contributed by atoms with Crippen LogP contribution in [0, 0.1) is 5.92 Å². The zero-order valence-electron chi connectivity index (χ0n) is 12.2. The average Bonchev–Trinajstić information content (AvgIpc) is 2.42. The van der Waals surface area contributed by atoms with Crippen LogP contribution in [0.4, 0.5) is 5.69 Å². The maximum atomic E-state index is 12.3. The van der Waals surface area contributed by atoms with Crippen LogP contribution in [0.15, 0.2) is 18.2 Å². The van der Waals surface area contributed by atoms with E-state index >= 15 is 0 Å². The Balaban J connectivity index is 2.71. The van der Waals surface area contributed by atoms with E-state index in [-0.39, 0.29) is 5.78 Å². The highest BCUT2D eigenvalue weighted by atomic mass is 16.5. The van der Waals surface area contributed by atoms with Gasteiger partial charge in [0.25, 0.3) is 0 Å². The zero-order valence-corrected chi connectivity index (χ0v) is 12.2. The molecule has 0 bridgehead atoms. The largest absolute Gasteiger partial charge is 0.497 e. The highest BCUT2D eigenvalue weighted by molar-refractivity contribution is 6.01. The van der Waals surface area contributed by atoms with Crippen molar-refractivity contribution in [1.29, 1.82) is 0 Å². The van der Waals surface area contributed by atoms with Gasteiger partial charge < -0.3 is 10.5 Å². The number of unbranched alkanes of at least 4 members (excludes halogenated alkanes) is 1. The van der Waals surface area contributed by atoms with Gasteiger partial charge in [-0.3, -0.25) is 4.79 Å². The summed E-state index contributed by atoms with van der Waals surface area (Å²) >= 11 is 0. The van der Waals surface area contributed by atoms with E-state index in [1.165, 1.54) is 12.8 Å². The lowest BCUT2D eigenvalue weighted by Crippen LogP contribution is -2.10. The molecule has 0 aliphatic carbocycles. The van der Waals surface area contributed by atoms with Crippen LogP contribution in [-0.4, -0.2) is 12.9 Å². The third-order valence-electron chi connectivity index (χ3n) is 3.58. The molecule has 0 amide bonds. The number of ketones is 1. The van der Waals surface area contributed by atoms with Crippen molar-refractivity contribution >= 4 is 11.5 Å². The van der Waals surface area contributed by atoms with E-state index in [9.17, 15) is 4.79 Å². The van der Waals surface area contributed by atoms with Crippen molar-refractivity contribution in [2.75, 3.05) is 12.8 Å². The first-order valence-electron chi connectivity index (χ1n) is 7.09. The zero-order chi connectivity index (χ0) is 14.3. The minimum atomic E-state index is 0.142. The van der Waals surface area contributed by atoms with Crippen LogP contribution in [0.25, 0.3) is 0 Å². The minimum Gasteiger partial charge on any atom is -0.497 e. The number of nitrogens with two attached hydrogens (primary N) is 1. The first-order valence-corrected chi connectivity index (χ1v) is 7.09. The van der Waals surface area contributed by atoms with Gasteiger partial charge in [0.2, 0.25) is 0 Å². The molecule has 0 radical (unpaired) electrons. The van der Waals surface area contributed by atoms with E-state index < -0.39 is 0 Å². The lowest BCUT2D eigenvalue weighted by atomic mass is 9.91. The van der Waals surface area contributed by atoms with E-state index in [1.54, 1.807) is 25.3 Å². The molecule has 0 heterocycles. The predicted octanol–water partition coefficient (Wildman–Crippen LogP) is 4.07. The molecular weight excluding hydrogens is 238 g/mol. The lowest BCUT2D eigenvalue weighted by Gasteiger charge is -2.14. The van der Waals surface area contributed by atoms with Crippen LogP contribution >= 0.6 is 0 Å². The second-order valence-electron chi connectivity index (χ2n) is 5.00. The molecule has 106 valence electrons. The molecule has 3 heteroatoms. The molecule has 1 aromatic rings. The monoisotopic (exact) mass is 263 g/mol. The van der Waals surface area contributed by atoms with Crippen molar-refractivity contribution in [2.24, 2.45) is 5.92 Å². The van der Waals surface area contributed by atoms with Crippen molar-refractivity contribution in [3.05, 3.63) is 23.8 Å². The summed E-state index contributed by atoms with van der Waals surface area (Å²) in [4.78, 5) is 12.3. The van der Waals surface area contributed by atoms with Gasteiger partial charge in [-0.25, -0.2) is 0 Å². The summed E-state index contributed by atoms with van der Waals surface area (Å²) in [6, 6.07) is 5.26. The molecule has 0 fully saturated rings. The van der Waals surface area contributed by atoms with Crippen molar-refractivity contribution < 1.29 is 9.53 Å². The second kappa shape index (κ2) is 7.82. The number of anilines is 1. The number of hydrogen-bond acceptors (Lipinski definition) is 3. The fourth-order valence-corrected chi connectivity index (χ4v) is 2.24. The highest BCUT2D eigenvalue weighted by Gasteiger charge is 2.16. The first-order chi connectivity index (χ1) is 9.12. The quantitative estimate of drug-likeness (QED) is 0.568. The van der Waals surface area contributed by atoms with Crippen molar-refractivity contribution in [3.63, 3.8) is 0 Å². The number of rotatable bonds is 8. The van der Waals surface area contributed by atoms with Gasteiger partial charge in [-0.1, -0.05) is 39.5 Å². The number of methoxy groups -OCH3 is 1. The topological polar surface area (TPSA) is 52.3 Å². The normalized spacial score (nSPS) is 12.2. The van der Waals surface area contributed by atoms with Crippen LogP contribution in [0.5, 0.6) is 5.75 Å². The van der Waals surface area contributed by atoms with Crippen LogP contribution < -0.4 is 10.5 Å². The second-order valence-corrected chi connectivity index (χ2v) is 5.00. The summed E-state index contributed by atoms with van der Waals surface area (Å²) in [5.41, 5.74) is 7.04. The maximum Gasteiger partial charge on any atom is 0.165 e. The Kier molecular flexibility index (Phi) is 6.40. The van der Waals surface area contributed by atoms with Crippen molar-refractivity contribution in [3.8, 4) is 5.75 Å². The Morgan fingerprint density at radius 2 is 2.11 bits per heavy atom. The molecule has 2 N–H and O–H groups in total. The number of Topliss-reactive ketones (excluding diaryl/α,β-unsaturated/α-hetero) is 1. The molecule has 1 atom stereocenters. The molecule has 1 aromatic carbocycles. The first kappa shape index (κ1) is 15.5. The van der Waals surface area contributed by atoms with Crippen LogP contribution in [0.1, 0.15) is 56.3 Å². The average molecular weight is 263 g/mol. The minimum absolute atomic E-state index is 0.142. The van der Waals surface area contributed by atoms with E-state index in [1.807, 2.05) is 0 Å². The number of hydrogen-bond donors (Lipinski definition) is 1. The fraction of sp³-hybridized carbons (Fsp3) is 0.562. The van der Waals surface area contributed by atoms with Gasteiger partial charge in [0.15, 0.2) is 5.78 Å². The van der Waals surface area contributed by atoms with Crippen LogP contribution in [0.2, 0.25) is 0 Å². The number of carbonyl (C=O) groups is 1. The Morgan fingerprint density at radius 1 is 1.37 bits per heavy atom. The summed E-state index contributed by atoms with van der Waals surface area (Å²) < 4.78 is 5.09. The van der Waals surface area contributed by atoms with E-state index in [4.69, 9.17) is 10.5 Å². The fourth-order valence-electron chi connectivity index (χ4n) is 2.24. The molecule has 1 unspecified atom stereocenters. The number of carbonyl (C=O) groups excluding carboxylic acids is 1.